The molecule has 166 valence electrons. The highest BCUT2D eigenvalue weighted by atomic mass is 35.5. The maximum absolute atomic E-state index is 12.5. The Bertz CT molecular complexity index is 1210. The fourth-order valence-corrected chi connectivity index (χ4v) is 3.42. The van der Waals surface area contributed by atoms with Gasteiger partial charge in [-0.1, -0.05) is 59.1 Å². The minimum Gasteiger partial charge on any atom is -0.481 e. The minimum absolute atomic E-state index is 0.126. The zero-order chi connectivity index (χ0) is 23.8. The van der Waals surface area contributed by atoms with E-state index in [-0.39, 0.29) is 33.9 Å². The van der Waals surface area contributed by atoms with E-state index in [1.807, 2.05) is 31.2 Å². The Morgan fingerprint density at radius 2 is 1.58 bits per heavy atom. The summed E-state index contributed by atoms with van der Waals surface area (Å²) in [6.07, 6.45) is 1.37. The highest BCUT2D eigenvalue weighted by Gasteiger charge is 2.14. The number of rotatable bonds is 7. The average molecular weight is 480 g/mol. The van der Waals surface area contributed by atoms with Crippen molar-refractivity contribution in [1.82, 2.24) is 0 Å². The van der Waals surface area contributed by atoms with Crippen molar-refractivity contribution in [1.29, 1.82) is 5.26 Å². The summed E-state index contributed by atoms with van der Waals surface area (Å²) in [4.78, 5) is 24.6. The summed E-state index contributed by atoms with van der Waals surface area (Å²) in [5.41, 5.74) is 2.56. The van der Waals surface area contributed by atoms with Gasteiger partial charge in [-0.3, -0.25) is 9.59 Å². The third-order valence-corrected chi connectivity index (χ3v) is 4.97. The maximum atomic E-state index is 12.5. The first-order valence-corrected chi connectivity index (χ1v) is 10.6. The number of benzene rings is 3. The Labute approximate surface area is 201 Å². The van der Waals surface area contributed by atoms with Gasteiger partial charge in [0.25, 0.3) is 11.8 Å². The van der Waals surface area contributed by atoms with Crippen LogP contribution < -0.4 is 15.4 Å². The van der Waals surface area contributed by atoms with Crippen LogP contribution in [0.3, 0.4) is 0 Å². The highest BCUT2D eigenvalue weighted by molar-refractivity contribution is 6.37. The number of aryl methyl sites for hydroxylation is 1. The summed E-state index contributed by atoms with van der Waals surface area (Å²) in [6, 6.07) is 21.0. The van der Waals surface area contributed by atoms with E-state index in [1.54, 1.807) is 36.4 Å². The molecule has 0 bridgehead atoms. The monoisotopic (exact) mass is 479 g/mol. The topological polar surface area (TPSA) is 91.2 Å². The summed E-state index contributed by atoms with van der Waals surface area (Å²) in [5.74, 6) is -0.815. The number of nitrogens with zero attached hydrogens (tertiary/aromatic N) is 1. The molecule has 0 aliphatic carbocycles. The van der Waals surface area contributed by atoms with Crippen LogP contribution in [0, 0.1) is 18.3 Å². The molecule has 0 unspecified atom stereocenters. The summed E-state index contributed by atoms with van der Waals surface area (Å²) >= 11 is 12.6. The quantitative estimate of drug-likeness (QED) is 0.327. The number of anilines is 2. The van der Waals surface area contributed by atoms with Crippen LogP contribution >= 0.6 is 23.2 Å². The highest BCUT2D eigenvalue weighted by Crippen LogP contribution is 2.35. The standard InChI is InChI=1S/C25H19Cl2N3O3/c1-16-7-9-20(10-8-16)30-25(32)18(14-28)11-17-12-21(26)24(22(27)13-17)33-15-23(31)29-19-5-3-2-4-6-19/h2-13H,15H2,1H3,(H,29,31)(H,30,32)/b18-11-. The molecule has 33 heavy (non-hydrogen) atoms. The van der Waals surface area contributed by atoms with Crippen molar-refractivity contribution in [2.45, 2.75) is 6.92 Å². The summed E-state index contributed by atoms with van der Waals surface area (Å²) < 4.78 is 5.48. The predicted molar refractivity (Wildman–Crippen MR) is 130 cm³/mol. The van der Waals surface area contributed by atoms with Crippen LogP contribution in [0.1, 0.15) is 11.1 Å². The molecule has 3 rings (SSSR count). The van der Waals surface area contributed by atoms with Crippen LogP contribution in [0.15, 0.2) is 72.3 Å². The largest absolute Gasteiger partial charge is 0.481 e. The lowest BCUT2D eigenvalue weighted by Crippen LogP contribution is -2.20. The maximum Gasteiger partial charge on any atom is 0.266 e. The fourth-order valence-electron chi connectivity index (χ4n) is 2.81. The van der Waals surface area contributed by atoms with E-state index < -0.39 is 5.91 Å². The average Bonchev–Trinajstić information content (AvgIpc) is 2.79. The number of hydrogen-bond acceptors (Lipinski definition) is 4. The molecular weight excluding hydrogens is 461 g/mol. The van der Waals surface area contributed by atoms with Crippen molar-refractivity contribution >= 4 is 52.5 Å². The van der Waals surface area contributed by atoms with E-state index in [0.717, 1.165) is 5.56 Å². The first-order chi connectivity index (χ1) is 15.9. The molecule has 0 aromatic heterocycles. The predicted octanol–water partition coefficient (Wildman–Crippen LogP) is 5.87. The molecule has 0 radical (unpaired) electrons. The lowest BCUT2D eigenvalue weighted by atomic mass is 10.1. The van der Waals surface area contributed by atoms with Gasteiger partial charge < -0.3 is 15.4 Å². The van der Waals surface area contributed by atoms with Gasteiger partial charge in [-0.2, -0.15) is 5.26 Å². The van der Waals surface area contributed by atoms with Crippen molar-refractivity contribution in [3.05, 3.63) is 93.5 Å². The fraction of sp³-hybridized carbons (Fsp3) is 0.0800. The van der Waals surface area contributed by atoms with Gasteiger partial charge in [-0.15, -0.1) is 0 Å². The number of nitrogens with one attached hydrogen (secondary N) is 2. The van der Waals surface area contributed by atoms with Crippen molar-refractivity contribution in [2.24, 2.45) is 0 Å². The van der Waals surface area contributed by atoms with Crippen molar-refractivity contribution in [2.75, 3.05) is 17.2 Å². The molecule has 2 N–H and O–H groups in total. The third kappa shape index (κ3) is 6.84. The molecule has 3 aromatic rings. The van der Waals surface area contributed by atoms with Crippen LogP contribution in [0.2, 0.25) is 10.0 Å². The van der Waals surface area contributed by atoms with E-state index >= 15 is 0 Å². The second-order valence-electron chi connectivity index (χ2n) is 7.01. The van der Waals surface area contributed by atoms with E-state index in [4.69, 9.17) is 27.9 Å². The van der Waals surface area contributed by atoms with Gasteiger partial charge in [0, 0.05) is 11.4 Å². The molecule has 0 saturated heterocycles. The van der Waals surface area contributed by atoms with E-state index in [0.29, 0.717) is 16.9 Å². The first kappa shape index (κ1) is 23.9. The van der Waals surface area contributed by atoms with Gasteiger partial charge in [-0.25, -0.2) is 0 Å². The molecule has 2 amide bonds. The van der Waals surface area contributed by atoms with E-state index in [9.17, 15) is 14.9 Å². The van der Waals surface area contributed by atoms with Crippen LogP contribution in [0.5, 0.6) is 5.75 Å². The lowest BCUT2D eigenvalue weighted by Gasteiger charge is -2.11. The van der Waals surface area contributed by atoms with Crippen LogP contribution in [0.25, 0.3) is 6.08 Å². The van der Waals surface area contributed by atoms with Crippen LogP contribution in [0.4, 0.5) is 11.4 Å². The van der Waals surface area contributed by atoms with E-state index in [1.165, 1.54) is 18.2 Å². The normalized spacial score (nSPS) is 10.8. The molecule has 8 heteroatoms. The number of ether oxygens (including phenoxy) is 1. The first-order valence-electron chi connectivity index (χ1n) is 9.82. The molecule has 0 spiro atoms. The molecule has 0 fully saturated rings. The van der Waals surface area contributed by atoms with Crippen LogP contribution in [-0.2, 0) is 9.59 Å². The van der Waals surface area contributed by atoms with Gasteiger partial charge in [-0.05, 0) is 55.0 Å². The van der Waals surface area contributed by atoms with Crippen molar-refractivity contribution in [3.63, 3.8) is 0 Å². The Morgan fingerprint density at radius 3 is 2.18 bits per heavy atom. The number of carbonyl (C=O) groups is 2. The Morgan fingerprint density at radius 1 is 0.970 bits per heavy atom. The number of para-hydroxylation sites is 1. The van der Waals surface area contributed by atoms with E-state index in [2.05, 4.69) is 10.6 Å². The zero-order valence-corrected chi connectivity index (χ0v) is 19.1. The third-order valence-electron chi connectivity index (χ3n) is 4.41. The van der Waals surface area contributed by atoms with Gasteiger partial charge in [0.15, 0.2) is 12.4 Å². The second-order valence-corrected chi connectivity index (χ2v) is 7.82. The lowest BCUT2D eigenvalue weighted by molar-refractivity contribution is -0.118. The number of halogens is 2. The second kappa shape index (κ2) is 11.2. The molecule has 0 aliphatic rings. The minimum atomic E-state index is -0.563. The zero-order valence-electron chi connectivity index (χ0n) is 17.6. The molecule has 6 nitrogen and oxygen atoms in total. The number of carbonyl (C=O) groups excluding carboxylic acids is 2. The molecule has 0 heterocycles. The van der Waals surface area contributed by atoms with Crippen LogP contribution in [-0.4, -0.2) is 18.4 Å². The summed E-state index contributed by atoms with van der Waals surface area (Å²) in [5, 5.41) is 15.1. The van der Waals surface area contributed by atoms with Gasteiger partial charge in [0.1, 0.15) is 11.6 Å². The number of nitriles is 1. The SMILES string of the molecule is Cc1ccc(NC(=O)/C(C#N)=C\c2cc(Cl)c(OCC(=O)Nc3ccccc3)c(Cl)c2)cc1. The Balaban J connectivity index is 1.69. The number of amides is 2. The molecule has 0 aliphatic heterocycles. The van der Waals surface area contributed by atoms with Gasteiger partial charge >= 0.3 is 0 Å². The number of hydrogen-bond donors (Lipinski definition) is 2. The Hall–Kier alpha value is -3.79. The van der Waals surface area contributed by atoms with Crippen molar-refractivity contribution < 1.29 is 14.3 Å². The van der Waals surface area contributed by atoms with Crippen molar-refractivity contribution in [3.8, 4) is 11.8 Å². The van der Waals surface area contributed by atoms with Gasteiger partial charge in [0.2, 0.25) is 0 Å². The molecule has 0 saturated carbocycles. The van der Waals surface area contributed by atoms with Gasteiger partial charge in [0.05, 0.1) is 10.0 Å². The summed E-state index contributed by atoms with van der Waals surface area (Å²) in [7, 11) is 0. The molecular formula is C25H19Cl2N3O3. The molecule has 0 atom stereocenters. The smallest absolute Gasteiger partial charge is 0.266 e. The molecule has 3 aromatic carbocycles. The summed E-state index contributed by atoms with van der Waals surface area (Å²) in [6.45, 7) is 1.63. The Kier molecular flexibility index (Phi) is 8.09.